The van der Waals surface area contributed by atoms with Gasteiger partial charge in [-0.1, -0.05) is 6.07 Å². The van der Waals surface area contributed by atoms with Crippen molar-refractivity contribution >= 4 is 23.2 Å². The van der Waals surface area contributed by atoms with Crippen molar-refractivity contribution in [3.63, 3.8) is 0 Å². The number of nitrogens with zero attached hydrogens (tertiary/aromatic N) is 2. The Labute approximate surface area is 128 Å². The van der Waals surface area contributed by atoms with Crippen molar-refractivity contribution < 1.29 is 9.59 Å². The minimum atomic E-state index is -0.0915. The number of amides is 2. The minimum absolute atomic E-state index is 0.0648. The summed E-state index contributed by atoms with van der Waals surface area (Å²) in [7, 11) is 1.67. The van der Waals surface area contributed by atoms with Gasteiger partial charge in [0.05, 0.1) is 11.4 Å². The van der Waals surface area contributed by atoms with Crippen LogP contribution in [0.15, 0.2) is 17.5 Å². The van der Waals surface area contributed by atoms with Crippen LogP contribution < -0.4 is 5.32 Å². The van der Waals surface area contributed by atoms with Gasteiger partial charge in [-0.15, -0.1) is 11.3 Å². The molecule has 0 aromatic carbocycles. The Morgan fingerprint density at radius 1 is 1.43 bits per heavy atom. The highest BCUT2D eigenvalue weighted by Gasteiger charge is 2.34. The van der Waals surface area contributed by atoms with Gasteiger partial charge < -0.3 is 10.2 Å². The summed E-state index contributed by atoms with van der Waals surface area (Å²) in [6, 6.07) is 4.63. The molecule has 2 aliphatic rings. The number of likely N-dealkylation sites (tertiary alicyclic amines) is 1. The topological polar surface area (TPSA) is 52.7 Å². The maximum Gasteiger partial charge on any atom is 0.264 e. The van der Waals surface area contributed by atoms with E-state index in [-0.39, 0.29) is 24.4 Å². The van der Waals surface area contributed by atoms with Crippen LogP contribution in [0.1, 0.15) is 28.9 Å². The Balaban J connectivity index is 1.44. The van der Waals surface area contributed by atoms with E-state index in [0.717, 1.165) is 25.6 Å². The predicted molar refractivity (Wildman–Crippen MR) is 82.4 cm³/mol. The summed E-state index contributed by atoms with van der Waals surface area (Å²) < 4.78 is 0. The molecule has 114 valence electrons. The van der Waals surface area contributed by atoms with E-state index in [9.17, 15) is 9.59 Å². The number of thiophene rings is 1. The zero-order valence-corrected chi connectivity index (χ0v) is 13.1. The fraction of sp³-hybridized carbons (Fsp3) is 0.600. The third kappa shape index (κ3) is 3.63. The van der Waals surface area contributed by atoms with E-state index in [4.69, 9.17) is 0 Å². The van der Waals surface area contributed by atoms with Crippen LogP contribution in [-0.4, -0.2) is 60.4 Å². The summed E-state index contributed by atoms with van der Waals surface area (Å²) in [5, 5.41) is 4.92. The Morgan fingerprint density at radius 2 is 2.24 bits per heavy atom. The molecule has 21 heavy (non-hydrogen) atoms. The number of nitrogens with one attached hydrogen (secondary N) is 1. The van der Waals surface area contributed by atoms with Crippen LogP contribution in [0.5, 0.6) is 0 Å². The molecule has 0 radical (unpaired) electrons. The molecule has 1 saturated carbocycles. The third-order valence-corrected chi connectivity index (χ3v) is 4.97. The molecule has 1 N–H and O–H groups in total. The first-order chi connectivity index (χ1) is 10.1. The van der Waals surface area contributed by atoms with Gasteiger partial charge in [-0.3, -0.25) is 14.5 Å². The zero-order valence-electron chi connectivity index (χ0n) is 12.2. The van der Waals surface area contributed by atoms with E-state index in [1.807, 2.05) is 11.4 Å². The third-order valence-electron chi connectivity index (χ3n) is 4.11. The molecule has 3 rings (SSSR count). The van der Waals surface area contributed by atoms with E-state index >= 15 is 0 Å². The molecule has 1 aromatic heterocycles. The normalized spacial score (nSPS) is 22.2. The molecule has 0 spiro atoms. The van der Waals surface area contributed by atoms with Crippen molar-refractivity contribution in [3.8, 4) is 0 Å². The number of carbonyl (C=O) groups excluding carboxylic acids is 2. The number of hydrogen-bond donors (Lipinski definition) is 1. The van der Waals surface area contributed by atoms with Crippen LogP contribution in [0.2, 0.25) is 0 Å². The van der Waals surface area contributed by atoms with Gasteiger partial charge >= 0.3 is 0 Å². The van der Waals surface area contributed by atoms with Crippen molar-refractivity contribution in [1.82, 2.24) is 15.1 Å². The molecule has 2 amide bonds. The van der Waals surface area contributed by atoms with E-state index in [1.165, 1.54) is 29.1 Å². The Morgan fingerprint density at radius 3 is 2.90 bits per heavy atom. The smallest absolute Gasteiger partial charge is 0.264 e. The van der Waals surface area contributed by atoms with Gasteiger partial charge in [0.1, 0.15) is 0 Å². The van der Waals surface area contributed by atoms with Crippen molar-refractivity contribution in [2.24, 2.45) is 0 Å². The standard InChI is InChI=1S/C15H21N3O2S/c1-17(15(20)13-3-2-8-21-13)10-14(19)16-11-6-7-18(9-11)12-4-5-12/h2-3,8,11-12H,4-7,9-10H2,1H3,(H,16,19)/t11-/m1/s1. The fourth-order valence-electron chi connectivity index (χ4n) is 2.83. The molecule has 1 atom stereocenters. The summed E-state index contributed by atoms with van der Waals surface area (Å²) in [6.45, 7) is 2.16. The van der Waals surface area contributed by atoms with Crippen LogP contribution in [0.4, 0.5) is 0 Å². The van der Waals surface area contributed by atoms with E-state index in [2.05, 4.69) is 10.2 Å². The van der Waals surface area contributed by atoms with Crippen LogP contribution in [0, 0.1) is 0 Å². The second-order valence-electron chi connectivity index (χ2n) is 5.92. The number of hydrogen-bond acceptors (Lipinski definition) is 4. The molecule has 0 bridgehead atoms. The first-order valence-corrected chi connectivity index (χ1v) is 8.34. The predicted octanol–water partition coefficient (Wildman–Crippen LogP) is 1.17. The Hall–Kier alpha value is -1.40. The van der Waals surface area contributed by atoms with Gasteiger partial charge in [-0.25, -0.2) is 0 Å². The quantitative estimate of drug-likeness (QED) is 0.888. The van der Waals surface area contributed by atoms with Crippen LogP contribution in [-0.2, 0) is 4.79 Å². The molecular formula is C15H21N3O2S. The van der Waals surface area contributed by atoms with Gasteiger partial charge in [-0.2, -0.15) is 0 Å². The number of likely N-dealkylation sites (N-methyl/N-ethyl adjacent to an activating group) is 1. The van der Waals surface area contributed by atoms with E-state index in [0.29, 0.717) is 4.88 Å². The summed E-state index contributed by atoms with van der Waals surface area (Å²) >= 11 is 1.40. The lowest BCUT2D eigenvalue weighted by Gasteiger charge is -2.19. The van der Waals surface area contributed by atoms with E-state index in [1.54, 1.807) is 13.1 Å². The van der Waals surface area contributed by atoms with Crippen molar-refractivity contribution in [3.05, 3.63) is 22.4 Å². The molecule has 1 saturated heterocycles. The molecule has 0 unspecified atom stereocenters. The lowest BCUT2D eigenvalue weighted by atomic mass is 10.2. The first kappa shape index (κ1) is 14.5. The Kier molecular flexibility index (Phi) is 4.26. The Bertz CT molecular complexity index is 513. The van der Waals surface area contributed by atoms with Gasteiger partial charge in [0.25, 0.3) is 5.91 Å². The minimum Gasteiger partial charge on any atom is -0.350 e. The second-order valence-corrected chi connectivity index (χ2v) is 6.87. The van der Waals surface area contributed by atoms with Crippen LogP contribution >= 0.6 is 11.3 Å². The molecule has 6 heteroatoms. The average molecular weight is 307 g/mol. The molecule has 1 aliphatic carbocycles. The van der Waals surface area contributed by atoms with Gasteiger partial charge in [-0.05, 0) is 30.7 Å². The van der Waals surface area contributed by atoms with Gasteiger partial charge in [0.15, 0.2) is 0 Å². The van der Waals surface area contributed by atoms with E-state index < -0.39 is 0 Å². The first-order valence-electron chi connectivity index (χ1n) is 7.46. The number of carbonyl (C=O) groups is 2. The highest BCUT2D eigenvalue weighted by molar-refractivity contribution is 7.12. The SMILES string of the molecule is CN(CC(=O)N[C@@H]1CCN(C2CC2)C1)C(=O)c1cccs1. The maximum absolute atomic E-state index is 12.1. The monoisotopic (exact) mass is 307 g/mol. The summed E-state index contributed by atoms with van der Waals surface area (Å²) in [5.74, 6) is -0.156. The molecular weight excluding hydrogens is 286 g/mol. The summed E-state index contributed by atoms with van der Waals surface area (Å²) in [5.41, 5.74) is 0. The lowest BCUT2D eigenvalue weighted by Crippen LogP contribution is -2.43. The lowest BCUT2D eigenvalue weighted by molar-refractivity contribution is -0.122. The maximum atomic E-state index is 12.1. The fourth-order valence-corrected chi connectivity index (χ4v) is 3.54. The largest absolute Gasteiger partial charge is 0.350 e. The second kappa shape index (κ2) is 6.15. The molecule has 5 nitrogen and oxygen atoms in total. The molecule has 2 heterocycles. The van der Waals surface area contributed by atoms with Crippen molar-refractivity contribution in [2.45, 2.75) is 31.3 Å². The van der Waals surface area contributed by atoms with Crippen LogP contribution in [0.3, 0.4) is 0 Å². The number of rotatable bonds is 5. The van der Waals surface area contributed by atoms with Gasteiger partial charge in [0, 0.05) is 32.2 Å². The molecule has 1 aliphatic heterocycles. The highest BCUT2D eigenvalue weighted by atomic mass is 32.1. The summed E-state index contributed by atoms with van der Waals surface area (Å²) in [6.07, 6.45) is 3.63. The zero-order chi connectivity index (χ0) is 14.8. The summed E-state index contributed by atoms with van der Waals surface area (Å²) in [4.78, 5) is 28.7. The van der Waals surface area contributed by atoms with Gasteiger partial charge in [0.2, 0.25) is 5.91 Å². The highest BCUT2D eigenvalue weighted by Crippen LogP contribution is 2.29. The molecule has 1 aromatic rings. The molecule has 2 fully saturated rings. The average Bonchev–Trinajstić information content (AvgIpc) is 2.98. The van der Waals surface area contributed by atoms with Crippen molar-refractivity contribution in [2.75, 3.05) is 26.7 Å². The van der Waals surface area contributed by atoms with Crippen LogP contribution in [0.25, 0.3) is 0 Å². The van der Waals surface area contributed by atoms with Crippen molar-refractivity contribution in [1.29, 1.82) is 0 Å².